The Kier molecular flexibility index (Phi) is 3.90. The summed E-state index contributed by atoms with van der Waals surface area (Å²) >= 11 is 0. The Bertz CT molecular complexity index is 604. The quantitative estimate of drug-likeness (QED) is 0.661. The fourth-order valence-corrected chi connectivity index (χ4v) is 2.93. The summed E-state index contributed by atoms with van der Waals surface area (Å²) in [6.07, 6.45) is 0.971. The van der Waals surface area contributed by atoms with Crippen molar-refractivity contribution in [3.05, 3.63) is 53.6 Å². The molecule has 0 spiro atoms. The first-order valence-corrected chi connectivity index (χ1v) is 7.28. The lowest BCUT2D eigenvalue weighted by Crippen LogP contribution is -2.39. The molecule has 0 heterocycles. The van der Waals surface area contributed by atoms with E-state index in [0.717, 1.165) is 6.42 Å². The summed E-state index contributed by atoms with van der Waals surface area (Å²) < 4.78 is 11.5. The molecule has 3 heteroatoms. The highest BCUT2D eigenvalue weighted by Crippen LogP contribution is 2.35. The van der Waals surface area contributed by atoms with Gasteiger partial charge in [-0.15, -0.1) is 0 Å². The third-order valence-electron chi connectivity index (χ3n) is 3.78. The van der Waals surface area contributed by atoms with Gasteiger partial charge in [-0.1, -0.05) is 42.5 Å². The molecule has 0 bridgehead atoms. The van der Waals surface area contributed by atoms with Crippen molar-refractivity contribution in [1.29, 1.82) is 0 Å². The predicted octanol–water partition coefficient (Wildman–Crippen LogP) is 3.03. The minimum Gasteiger partial charge on any atom is -0.408 e. The van der Waals surface area contributed by atoms with Gasteiger partial charge in [0.2, 0.25) is 0 Å². The van der Waals surface area contributed by atoms with Crippen LogP contribution < -0.4 is 5.46 Å². The predicted molar refractivity (Wildman–Crippen MR) is 83.3 cm³/mol. The molecule has 102 valence electrons. The third kappa shape index (κ3) is 2.28. The van der Waals surface area contributed by atoms with E-state index >= 15 is 0 Å². The minimum atomic E-state index is -0.255. The molecule has 0 fully saturated rings. The maximum atomic E-state index is 5.77. The molecule has 0 aliphatic heterocycles. The molecule has 0 aromatic heterocycles. The summed E-state index contributed by atoms with van der Waals surface area (Å²) in [6.45, 7) is 5.32. The van der Waals surface area contributed by atoms with Gasteiger partial charge in [0.25, 0.3) is 0 Å². The van der Waals surface area contributed by atoms with Crippen molar-refractivity contribution in [2.24, 2.45) is 0 Å². The summed E-state index contributed by atoms with van der Waals surface area (Å²) in [4.78, 5) is 0. The highest BCUT2D eigenvalue weighted by molar-refractivity contribution is 6.62. The molecule has 1 aliphatic rings. The van der Waals surface area contributed by atoms with Crippen molar-refractivity contribution in [2.45, 2.75) is 20.3 Å². The molecule has 20 heavy (non-hydrogen) atoms. The molecule has 2 nitrogen and oxygen atoms in total. The van der Waals surface area contributed by atoms with Crippen molar-refractivity contribution in [3.63, 3.8) is 0 Å². The van der Waals surface area contributed by atoms with Crippen LogP contribution in [0.15, 0.2) is 42.5 Å². The largest absolute Gasteiger partial charge is 0.494 e. The lowest BCUT2D eigenvalue weighted by Gasteiger charge is -2.16. The molecular weight excluding hydrogens is 247 g/mol. The van der Waals surface area contributed by atoms with Crippen LogP contribution in [0.25, 0.3) is 11.1 Å². The highest BCUT2D eigenvalue weighted by atomic mass is 16.6. The lowest BCUT2D eigenvalue weighted by molar-refractivity contribution is 0.225. The SMILES string of the molecule is CCOB(OCC)c1cccc2c1Cc1ccccc1-2. The third-order valence-corrected chi connectivity index (χ3v) is 3.78. The maximum Gasteiger partial charge on any atom is 0.494 e. The molecule has 0 amide bonds. The second kappa shape index (κ2) is 5.82. The highest BCUT2D eigenvalue weighted by Gasteiger charge is 2.28. The van der Waals surface area contributed by atoms with E-state index in [1.807, 2.05) is 13.8 Å². The van der Waals surface area contributed by atoms with Crippen molar-refractivity contribution < 1.29 is 9.31 Å². The van der Waals surface area contributed by atoms with Gasteiger partial charge in [0.05, 0.1) is 0 Å². The number of benzene rings is 2. The molecule has 3 rings (SSSR count). The van der Waals surface area contributed by atoms with Gasteiger partial charge in [-0.3, -0.25) is 0 Å². The average molecular weight is 266 g/mol. The van der Waals surface area contributed by atoms with Crippen LogP contribution in [0.5, 0.6) is 0 Å². The van der Waals surface area contributed by atoms with E-state index in [2.05, 4.69) is 42.5 Å². The Morgan fingerprint density at radius 3 is 2.35 bits per heavy atom. The summed E-state index contributed by atoms with van der Waals surface area (Å²) in [7, 11) is -0.255. The normalized spacial score (nSPS) is 12.1. The van der Waals surface area contributed by atoms with Crippen molar-refractivity contribution >= 4 is 12.6 Å². The van der Waals surface area contributed by atoms with Gasteiger partial charge in [-0.2, -0.15) is 0 Å². The van der Waals surface area contributed by atoms with Crippen LogP contribution in [0, 0.1) is 0 Å². The molecule has 0 saturated heterocycles. The van der Waals surface area contributed by atoms with Crippen LogP contribution in [0.2, 0.25) is 0 Å². The zero-order valence-electron chi connectivity index (χ0n) is 12.1. The molecule has 0 unspecified atom stereocenters. The van der Waals surface area contributed by atoms with Crippen molar-refractivity contribution in [1.82, 2.24) is 0 Å². The fourth-order valence-electron chi connectivity index (χ4n) is 2.93. The Balaban J connectivity index is 2.04. The lowest BCUT2D eigenvalue weighted by atomic mass is 9.74. The van der Waals surface area contributed by atoms with Gasteiger partial charge in [-0.05, 0) is 48.0 Å². The van der Waals surface area contributed by atoms with Crippen LogP contribution in [-0.2, 0) is 15.7 Å². The molecule has 0 radical (unpaired) electrons. The van der Waals surface area contributed by atoms with E-state index in [-0.39, 0.29) is 7.12 Å². The Hall–Kier alpha value is -1.58. The number of rotatable bonds is 5. The first kappa shape index (κ1) is 13.4. The molecule has 1 aliphatic carbocycles. The Labute approximate surface area is 120 Å². The van der Waals surface area contributed by atoms with E-state index < -0.39 is 0 Å². The van der Waals surface area contributed by atoms with Crippen LogP contribution >= 0.6 is 0 Å². The number of hydrogen-bond acceptors (Lipinski definition) is 2. The zero-order chi connectivity index (χ0) is 13.9. The van der Waals surface area contributed by atoms with Gasteiger partial charge >= 0.3 is 7.12 Å². The maximum absolute atomic E-state index is 5.77. The van der Waals surface area contributed by atoms with Gasteiger partial charge in [-0.25, -0.2) is 0 Å². The Morgan fingerprint density at radius 1 is 0.900 bits per heavy atom. The molecular formula is C17H19BO2. The summed E-state index contributed by atoms with van der Waals surface area (Å²) in [6, 6.07) is 15.0. The van der Waals surface area contributed by atoms with E-state index in [4.69, 9.17) is 9.31 Å². The molecule has 0 N–H and O–H groups in total. The standard InChI is InChI=1S/C17H19BO2/c1-3-19-18(20-4-2)17-11-7-10-15-14-9-6-5-8-13(14)12-16(15)17/h5-11H,3-4,12H2,1-2H3. The monoisotopic (exact) mass is 266 g/mol. The number of hydrogen-bond donors (Lipinski definition) is 0. The number of fused-ring (bicyclic) bond motifs is 3. The van der Waals surface area contributed by atoms with E-state index in [0.29, 0.717) is 13.2 Å². The first-order valence-electron chi connectivity index (χ1n) is 7.28. The topological polar surface area (TPSA) is 18.5 Å². The molecule has 2 aromatic rings. The van der Waals surface area contributed by atoms with E-state index in [9.17, 15) is 0 Å². The summed E-state index contributed by atoms with van der Waals surface area (Å²) in [5.41, 5.74) is 6.57. The van der Waals surface area contributed by atoms with Gasteiger partial charge in [0.15, 0.2) is 0 Å². The van der Waals surface area contributed by atoms with Crippen LogP contribution in [0.1, 0.15) is 25.0 Å². The van der Waals surface area contributed by atoms with Crippen molar-refractivity contribution in [2.75, 3.05) is 13.2 Å². The second-order valence-corrected chi connectivity index (χ2v) is 4.95. The van der Waals surface area contributed by atoms with Gasteiger partial charge in [0, 0.05) is 13.2 Å². The van der Waals surface area contributed by atoms with Crippen LogP contribution in [0.4, 0.5) is 0 Å². The second-order valence-electron chi connectivity index (χ2n) is 4.95. The van der Waals surface area contributed by atoms with Crippen molar-refractivity contribution in [3.8, 4) is 11.1 Å². The molecule has 0 atom stereocenters. The summed E-state index contributed by atoms with van der Waals surface area (Å²) in [5.74, 6) is 0. The Morgan fingerprint density at radius 2 is 1.60 bits per heavy atom. The van der Waals surface area contributed by atoms with Gasteiger partial charge < -0.3 is 9.31 Å². The molecule has 2 aromatic carbocycles. The zero-order valence-corrected chi connectivity index (χ0v) is 12.1. The van der Waals surface area contributed by atoms with Crippen LogP contribution in [-0.4, -0.2) is 20.3 Å². The smallest absolute Gasteiger partial charge is 0.408 e. The fraction of sp³-hybridized carbons (Fsp3) is 0.294. The van der Waals surface area contributed by atoms with Gasteiger partial charge in [0.1, 0.15) is 0 Å². The minimum absolute atomic E-state index is 0.255. The summed E-state index contributed by atoms with van der Waals surface area (Å²) in [5, 5.41) is 0. The van der Waals surface area contributed by atoms with E-state index in [1.54, 1.807) is 0 Å². The average Bonchev–Trinajstić information content (AvgIpc) is 2.85. The van der Waals surface area contributed by atoms with E-state index in [1.165, 1.54) is 27.7 Å². The van der Waals surface area contributed by atoms with Crippen LogP contribution in [0.3, 0.4) is 0 Å². The molecule has 0 saturated carbocycles. The first-order chi connectivity index (χ1) is 9.85.